The van der Waals surface area contributed by atoms with Gasteiger partial charge in [0.1, 0.15) is 0 Å². The van der Waals surface area contributed by atoms with Crippen LogP contribution in [-0.2, 0) is 0 Å². The van der Waals surface area contributed by atoms with E-state index in [4.69, 9.17) is 5.73 Å². The highest BCUT2D eigenvalue weighted by atomic mass is 79.9. The first-order valence-corrected chi connectivity index (χ1v) is 4.45. The van der Waals surface area contributed by atoms with E-state index in [-0.39, 0.29) is 0 Å². The third kappa shape index (κ3) is 2.60. The Morgan fingerprint density at radius 1 is 1.31 bits per heavy atom. The molecule has 0 aromatic heterocycles. The summed E-state index contributed by atoms with van der Waals surface area (Å²) in [5, 5.41) is 0. The van der Waals surface area contributed by atoms with E-state index < -0.39 is 11.6 Å². The highest BCUT2D eigenvalue weighted by Crippen LogP contribution is 2.21. The maximum absolute atomic E-state index is 12.7. The largest absolute Gasteiger partial charge is 0.327 e. The van der Waals surface area contributed by atoms with Gasteiger partial charge >= 0.3 is 0 Å². The molecule has 0 amide bonds. The topological polar surface area (TPSA) is 26.0 Å². The number of rotatable bonds is 2. The van der Waals surface area contributed by atoms with Crippen LogP contribution in [0.4, 0.5) is 8.78 Å². The lowest BCUT2D eigenvalue weighted by Crippen LogP contribution is -1.92. The molecule has 1 aromatic carbocycles. The Balaban J connectivity index is 3.08. The van der Waals surface area contributed by atoms with Crippen LogP contribution in [0.25, 0.3) is 6.08 Å². The molecule has 4 heteroatoms. The Hall–Kier alpha value is -0.740. The Kier molecular flexibility index (Phi) is 3.57. The molecule has 70 valence electrons. The summed E-state index contributed by atoms with van der Waals surface area (Å²) in [6.45, 7) is 0.367. The van der Waals surface area contributed by atoms with Crippen LogP contribution in [0.2, 0.25) is 0 Å². The zero-order chi connectivity index (χ0) is 9.84. The third-order valence-corrected chi connectivity index (χ3v) is 2.16. The second-order valence-electron chi connectivity index (χ2n) is 2.43. The van der Waals surface area contributed by atoms with E-state index in [2.05, 4.69) is 15.9 Å². The van der Waals surface area contributed by atoms with Gasteiger partial charge in [-0.05, 0) is 17.7 Å². The summed E-state index contributed by atoms with van der Waals surface area (Å²) in [5.74, 6) is -1.73. The van der Waals surface area contributed by atoms with Crippen molar-refractivity contribution in [2.45, 2.75) is 0 Å². The molecule has 0 unspecified atom stereocenters. The fraction of sp³-hybridized carbons (Fsp3) is 0.111. The Bertz CT molecular complexity index is 337. The summed E-state index contributed by atoms with van der Waals surface area (Å²) < 4.78 is 25.9. The van der Waals surface area contributed by atoms with Crippen molar-refractivity contribution in [3.63, 3.8) is 0 Å². The molecule has 0 saturated heterocycles. The minimum absolute atomic E-state index is 0.367. The smallest absolute Gasteiger partial charge is 0.159 e. The molecule has 1 nitrogen and oxygen atoms in total. The number of nitrogens with two attached hydrogens (primary N) is 1. The zero-order valence-electron chi connectivity index (χ0n) is 6.73. The van der Waals surface area contributed by atoms with Gasteiger partial charge in [0.05, 0.1) is 0 Å². The summed E-state index contributed by atoms with van der Waals surface area (Å²) in [4.78, 5) is 0. The van der Waals surface area contributed by atoms with Crippen molar-refractivity contribution in [2.24, 2.45) is 5.73 Å². The zero-order valence-corrected chi connectivity index (χ0v) is 8.31. The van der Waals surface area contributed by atoms with Gasteiger partial charge in [-0.25, -0.2) is 8.78 Å². The average molecular weight is 248 g/mol. The lowest BCUT2D eigenvalue weighted by molar-refractivity contribution is 0.507. The lowest BCUT2D eigenvalue weighted by Gasteiger charge is -1.99. The summed E-state index contributed by atoms with van der Waals surface area (Å²) in [6, 6.07) is 2.21. The van der Waals surface area contributed by atoms with Gasteiger partial charge in [-0.1, -0.05) is 28.1 Å². The Labute approximate surface area is 83.4 Å². The van der Waals surface area contributed by atoms with Crippen LogP contribution in [0.3, 0.4) is 0 Å². The van der Waals surface area contributed by atoms with Crippen molar-refractivity contribution in [1.29, 1.82) is 0 Å². The molecule has 0 radical (unpaired) electrons. The first kappa shape index (κ1) is 10.3. The van der Waals surface area contributed by atoms with Gasteiger partial charge in [-0.15, -0.1) is 0 Å². The minimum atomic E-state index is -0.864. The fourth-order valence-electron chi connectivity index (χ4n) is 0.861. The number of benzene rings is 1. The van der Waals surface area contributed by atoms with Crippen LogP contribution in [0.1, 0.15) is 5.56 Å². The van der Waals surface area contributed by atoms with Crippen molar-refractivity contribution in [2.75, 3.05) is 6.54 Å². The molecule has 1 rings (SSSR count). The maximum Gasteiger partial charge on any atom is 0.159 e. The van der Waals surface area contributed by atoms with Crippen molar-refractivity contribution >= 4 is 22.0 Å². The quantitative estimate of drug-likeness (QED) is 0.800. The van der Waals surface area contributed by atoms with E-state index in [1.807, 2.05) is 0 Å². The van der Waals surface area contributed by atoms with Crippen LogP contribution >= 0.6 is 15.9 Å². The van der Waals surface area contributed by atoms with E-state index in [0.29, 0.717) is 16.6 Å². The predicted octanol–water partition coefficient (Wildman–Crippen LogP) is 2.70. The standard InChI is InChI=1S/C9H8BrF2N/c10-7-5-9(12)8(11)4-6(7)2-1-3-13/h1-2,4-5H,3,13H2/b2-1+. The van der Waals surface area contributed by atoms with Gasteiger partial charge < -0.3 is 5.73 Å². The molecule has 0 aliphatic rings. The molecule has 0 bridgehead atoms. The Morgan fingerprint density at radius 3 is 2.54 bits per heavy atom. The van der Waals surface area contributed by atoms with Gasteiger partial charge in [0, 0.05) is 11.0 Å². The van der Waals surface area contributed by atoms with E-state index >= 15 is 0 Å². The van der Waals surface area contributed by atoms with E-state index in [1.54, 1.807) is 12.2 Å². The number of hydrogen-bond donors (Lipinski definition) is 1. The minimum Gasteiger partial charge on any atom is -0.327 e. The molecule has 0 saturated carbocycles. The van der Waals surface area contributed by atoms with Crippen molar-refractivity contribution in [1.82, 2.24) is 0 Å². The van der Waals surface area contributed by atoms with Gasteiger partial charge in [-0.3, -0.25) is 0 Å². The second-order valence-corrected chi connectivity index (χ2v) is 3.28. The average Bonchev–Trinajstić information content (AvgIpc) is 2.09. The van der Waals surface area contributed by atoms with Gasteiger partial charge in [-0.2, -0.15) is 0 Å². The van der Waals surface area contributed by atoms with Crippen LogP contribution in [-0.4, -0.2) is 6.54 Å². The van der Waals surface area contributed by atoms with E-state index in [1.165, 1.54) is 0 Å². The second kappa shape index (κ2) is 4.48. The number of hydrogen-bond acceptors (Lipinski definition) is 1. The summed E-state index contributed by atoms with van der Waals surface area (Å²) in [7, 11) is 0. The molecule has 0 aliphatic carbocycles. The summed E-state index contributed by atoms with van der Waals surface area (Å²) in [6.07, 6.45) is 3.30. The Morgan fingerprint density at radius 2 is 1.92 bits per heavy atom. The molecule has 0 fully saturated rings. The van der Waals surface area contributed by atoms with Crippen LogP contribution in [0.15, 0.2) is 22.7 Å². The summed E-state index contributed by atoms with van der Waals surface area (Å²) in [5.41, 5.74) is 5.80. The molecule has 1 aromatic rings. The van der Waals surface area contributed by atoms with Crippen molar-refractivity contribution < 1.29 is 8.78 Å². The first-order valence-electron chi connectivity index (χ1n) is 3.66. The van der Waals surface area contributed by atoms with Crippen molar-refractivity contribution in [3.05, 3.63) is 39.9 Å². The van der Waals surface area contributed by atoms with E-state index in [0.717, 1.165) is 12.1 Å². The monoisotopic (exact) mass is 247 g/mol. The molecule has 0 spiro atoms. The first-order chi connectivity index (χ1) is 6.15. The SMILES string of the molecule is NC/C=C/c1cc(F)c(F)cc1Br. The molecule has 0 atom stereocenters. The molecule has 0 heterocycles. The lowest BCUT2D eigenvalue weighted by atomic mass is 10.2. The molecular formula is C9H8BrF2N. The van der Waals surface area contributed by atoms with Crippen LogP contribution in [0, 0.1) is 11.6 Å². The van der Waals surface area contributed by atoms with Gasteiger partial charge in [0.15, 0.2) is 11.6 Å². The fourth-order valence-corrected chi connectivity index (χ4v) is 1.31. The normalized spacial score (nSPS) is 11.1. The van der Waals surface area contributed by atoms with Crippen LogP contribution in [0.5, 0.6) is 0 Å². The number of halogens is 3. The molecule has 13 heavy (non-hydrogen) atoms. The third-order valence-electron chi connectivity index (χ3n) is 1.47. The van der Waals surface area contributed by atoms with Crippen LogP contribution < -0.4 is 5.73 Å². The van der Waals surface area contributed by atoms with E-state index in [9.17, 15) is 8.78 Å². The van der Waals surface area contributed by atoms with Gasteiger partial charge in [0.25, 0.3) is 0 Å². The van der Waals surface area contributed by atoms with Crippen molar-refractivity contribution in [3.8, 4) is 0 Å². The van der Waals surface area contributed by atoms with Gasteiger partial charge in [0.2, 0.25) is 0 Å². The predicted molar refractivity (Wildman–Crippen MR) is 52.1 cm³/mol. The molecule has 2 N–H and O–H groups in total. The highest BCUT2D eigenvalue weighted by Gasteiger charge is 2.05. The molecular weight excluding hydrogens is 240 g/mol. The summed E-state index contributed by atoms with van der Waals surface area (Å²) >= 11 is 3.11. The maximum atomic E-state index is 12.7. The molecule has 0 aliphatic heterocycles. The highest BCUT2D eigenvalue weighted by molar-refractivity contribution is 9.10.